The molecule has 0 atom stereocenters. The maximum Gasteiger partial charge on any atom is 0.118 e. The van der Waals surface area contributed by atoms with Gasteiger partial charge in [-0.05, 0) is 142 Å². The molecule has 0 fully saturated rings. The van der Waals surface area contributed by atoms with Crippen LogP contribution in [0.4, 0.5) is 0 Å². The third-order valence-electron chi connectivity index (χ3n) is 8.20. The summed E-state index contributed by atoms with van der Waals surface area (Å²) in [4.78, 5) is 5.43. The molecule has 0 aliphatic carbocycles. The Bertz CT molecular complexity index is 1720. The van der Waals surface area contributed by atoms with Gasteiger partial charge in [-0.1, -0.05) is 18.2 Å². The van der Waals surface area contributed by atoms with Crippen molar-refractivity contribution in [1.29, 1.82) is 0 Å². The minimum absolute atomic E-state index is 0.889. The van der Waals surface area contributed by atoms with Crippen LogP contribution in [0.15, 0.2) is 135 Å². The molecule has 210 valence electrons. The Morgan fingerprint density at radius 3 is 1.24 bits per heavy atom. The molecule has 3 nitrogen and oxygen atoms in total. The second-order valence-electron chi connectivity index (χ2n) is 11.0. The minimum atomic E-state index is -1.24. The standard InChI is InChI=1S/C36H37NO2S2/c1-38-27-12-16-29(17-13-27)40(3,4)31-20-22-35-33(24-31)34-25-32(41(5,6)30-18-14-28(39-2)15-19-30)21-23-36(34)37(35)26-10-8-7-9-11-26/h7-25H,1-6H3. The van der Waals surface area contributed by atoms with Crippen LogP contribution in [0.25, 0.3) is 27.5 Å². The van der Waals surface area contributed by atoms with Gasteiger partial charge in [0.1, 0.15) is 11.5 Å². The van der Waals surface area contributed by atoms with Gasteiger partial charge < -0.3 is 14.0 Å². The van der Waals surface area contributed by atoms with Gasteiger partial charge >= 0.3 is 0 Å². The fourth-order valence-electron chi connectivity index (χ4n) is 5.58. The lowest BCUT2D eigenvalue weighted by Gasteiger charge is -2.33. The number of ether oxygens (including phenoxy) is 2. The zero-order chi connectivity index (χ0) is 28.8. The molecule has 0 radical (unpaired) electrons. The van der Waals surface area contributed by atoms with Gasteiger partial charge in [0.25, 0.3) is 0 Å². The Morgan fingerprint density at radius 2 is 0.854 bits per heavy atom. The monoisotopic (exact) mass is 579 g/mol. The molecular formula is C36H37NO2S2. The highest BCUT2D eigenvalue weighted by Crippen LogP contribution is 2.59. The lowest BCUT2D eigenvalue weighted by Crippen LogP contribution is -1.98. The van der Waals surface area contributed by atoms with Crippen LogP contribution in [0.3, 0.4) is 0 Å². The molecule has 5 aromatic carbocycles. The van der Waals surface area contributed by atoms with Gasteiger partial charge in [-0.15, -0.1) is 0 Å². The van der Waals surface area contributed by atoms with Gasteiger partial charge in [0.2, 0.25) is 0 Å². The first-order valence-electron chi connectivity index (χ1n) is 13.6. The molecule has 0 N–H and O–H groups in total. The van der Waals surface area contributed by atoms with E-state index in [1.807, 2.05) is 0 Å². The van der Waals surface area contributed by atoms with E-state index in [0.29, 0.717) is 0 Å². The van der Waals surface area contributed by atoms with Crippen LogP contribution < -0.4 is 9.47 Å². The number of nitrogens with zero attached hydrogens (tertiary/aromatic N) is 1. The van der Waals surface area contributed by atoms with Crippen LogP contribution in [0.5, 0.6) is 11.5 Å². The molecule has 41 heavy (non-hydrogen) atoms. The Labute approximate surface area is 246 Å². The number of aromatic nitrogens is 1. The van der Waals surface area contributed by atoms with Crippen molar-refractivity contribution in [1.82, 2.24) is 4.57 Å². The maximum atomic E-state index is 5.42. The Balaban J connectivity index is 1.56. The number of benzene rings is 5. The largest absolute Gasteiger partial charge is 0.497 e. The molecule has 0 spiro atoms. The molecule has 1 aromatic heterocycles. The summed E-state index contributed by atoms with van der Waals surface area (Å²) in [6.07, 6.45) is 9.53. The van der Waals surface area contributed by atoms with Crippen molar-refractivity contribution in [2.24, 2.45) is 0 Å². The molecular weight excluding hydrogens is 543 g/mol. The lowest BCUT2D eigenvalue weighted by molar-refractivity contribution is 0.414. The zero-order valence-corrected chi connectivity index (χ0v) is 26.2. The van der Waals surface area contributed by atoms with Crippen LogP contribution >= 0.6 is 20.1 Å². The summed E-state index contributed by atoms with van der Waals surface area (Å²) < 4.78 is 13.3. The Hall–Kier alpha value is -3.80. The minimum Gasteiger partial charge on any atom is -0.497 e. The van der Waals surface area contributed by atoms with Crippen molar-refractivity contribution in [3.63, 3.8) is 0 Å². The van der Waals surface area contributed by atoms with Crippen molar-refractivity contribution in [2.45, 2.75) is 19.6 Å². The SMILES string of the molecule is COc1ccc(S(C)(C)c2ccc3c(c2)c2cc(S(C)(C)c4ccc(OC)cc4)ccc2n3-c2ccccc2)cc1. The van der Waals surface area contributed by atoms with E-state index < -0.39 is 20.1 Å². The van der Waals surface area contributed by atoms with Gasteiger partial charge in [0.05, 0.1) is 25.3 Å². The molecule has 0 saturated heterocycles. The summed E-state index contributed by atoms with van der Waals surface area (Å²) in [6.45, 7) is 0. The third-order valence-corrected chi connectivity index (χ3v) is 14.0. The van der Waals surface area contributed by atoms with Gasteiger partial charge in [-0.25, -0.2) is 0 Å². The van der Waals surface area contributed by atoms with E-state index >= 15 is 0 Å². The number of methoxy groups -OCH3 is 2. The van der Waals surface area contributed by atoms with Crippen molar-refractivity contribution in [3.05, 3.63) is 115 Å². The van der Waals surface area contributed by atoms with Crippen LogP contribution in [-0.2, 0) is 0 Å². The van der Waals surface area contributed by atoms with Gasteiger partial charge in [-0.3, -0.25) is 0 Å². The van der Waals surface area contributed by atoms with Gasteiger partial charge in [-0.2, -0.15) is 20.1 Å². The number of hydrogen-bond acceptors (Lipinski definition) is 2. The number of rotatable bonds is 7. The van der Waals surface area contributed by atoms with E-state index in [2.05, 4.69) is 145 Å². The summed E-state index contributed by atoms with van der Waals surface area (Å²) in [5.41, 5.74) is 3.64. The molecule has 0 bridgehead atoms. The summed E-state index contributed by atoms with van der Waals surface area (Å²) in [7, 11) is 0.957. The van der Waals surface area contributed by atoms with Crippen LogP contribution in [0.2, 0.25) is 0 Å². The summed E-state index contributed by atoms with van der Waals surface area (Å²) >= 11 is 0. The average Bonchev–Trinajstić information content (AvgIpc) is 3.34. The average molecular weight is 580 g/mol. The van der Waals surface area contributed by atoms with Crippen molar-refractivity contribution in [3.8, 4) is 17.2 Å². The second kappa shape index (κ2) is 10.6. The normalized spacial score (nSPS) is 12.9. The molecule has 0 saturated carbocycles. The molecule has 6 aromatic rings. The predicted molar refractivity (Wildman–Crippen MR) is 179 cm³/mol. The van der Waals surface area contributed by atoms with Crippen molar-refractivity contribution < 1.29 is 9.47 Å². The number of para-hydroxylation sites is 1. The highest BCUT2D eigenvalue weighted by Gasteiger charge is 2.23. The van der Waals surface area contributed by atoms with Crippen LogP contribution in [-0.4, -0.2) is 43.8 Å². The number of hydrogen-bond donors (Lipinski definition) is 0. The van der Waals surface area contributed by atoms with Gasteiger partial charge in [0.15, 0.2) is 0 Å². The fraction of sp³-hybridized carbons (Fsp3) is 0.167. The quantitative estimate of drug-likeness (QED) is 0.188. The molecule has 0 amide bonds. The second-order valence-corrected chi connectivity index (χ2v) is 18.2. The molecule has 6 rings (SSSR count). The third kappa shape index (κ3) is 4.77. The highest BCUT2D eigenvalue weighted by molar-refractivity contribution is 8.33. The summed E-state index contributed by atoms with van der Waals surface area (Å²) in [5.74, 6) is 1.78. The summed E-state index contributed by atoms with van der Waals surface area (Å²) in [5, 5.41) is 2.59. The number of fused-ring (bicyclic) bond motifs is 3. The highest BCUT2D eigenvalue weighted by atomic mass is 32.3. The van der Waals surface area contributed by atoms with Crippen LogP contribution in [0.1, 0.15) is 0 Å². The zero-order valence-electron chi connectivity index (χ0n) is 24.5. The fourth-order valence-corrected chi connectivity index (χ4v) is 9.39. The van der Waals surface area contributed by atoms with E-state index in [-0.39, 0.29) is 0 Å². The molecule has 0 aliphatic rings. The lowest BCUT2D eigenvalue weighted by atomic mass is 10.1. The van der Waals surface area contributed by atoms with Crippen molar-refractivity contribution >= 4 is 41.9 Å². The first-order chi connectivity index (χ1) is 19.7. The topological polar surface area (TPSA) is 23.4 Å². The smallest absolute Gasteiger partial charge is 0.118 e. The molecule has 0 unspecified atom stereocenters. The summed E-state index contributed by atoms with van der Waals surface area (Å²) in [6, 6.07) is 42.0. The first kappa shape index (κ1) is 27.4. The molecule has 1 heterocycles. The molecule has 5 heteroatoms. The van der Waals surface area contributed by atoms with E-state index in [1.165, 1.54) is 47.1 Å². The van der Waals surface area contributed by atoms with Crippen LogP contribution in [0, 0.1) is 0 Å². The molecule has 0 aliphatic heterocycles. The predicted octanol–water partition coefficient (Wildman–Crippen LogP) is 9.77. The van der Waals surface area contributed by atoms with E-state index in [1.54, 1.807) is 14.2 Å². The van der Waals surface area contributed by atoms with Gasteiger partial charge in [0, 0.05) is 16.5 Å². The Morgan fingerprint density at radius 1 is 0.463 bits per heavy atom. The van der Waals surface area contributed by atoms with E-state index in [0.717, 1.165) is 11.5 Å². The first-order valence-corrected chi connectivity index (χ1v) is 18.5. The Kier molecular flexibility index (Phi) is 7.04. The van der Waals surface area contributed by atoms with Crippen molar-refractivity contribution in [2.75, 3.05) is 39.2 Å². The van der Waals surface area contributed by atoms with E-state index in [4.69, 9.17) is 9.47 Å². The maximum absolute atomic E-state index is 5.42. The van der Waals surface area contributed by atoms with E-state index in [9.17, 15) is 0 Å².